The van der Waals surface area contributed by atoms with Crippen LogP contribution in [0.15, 0.2) is 49.2 Å². The standard InChI is InChI=1S/C9H6F3N3.C4H5N3/c10-8-2-1-6(5-7(8)9(11)12)15-4-3-13-14-15;5-4-1-2-6-3-7-4/h1-5,9H;1-3H,(H2,5,6,7). The van der Waals surface area contributed by atoms with Crippen LogP contribution < -0.4 is 5.73 Å². The SMILES string of the molecule is Fc1ccc(-n2ccnn2)cc1C(F)F.Nc1ccncn1. The van der Waals surface area contributed by atoms with Gasteiger partial charge in [0.15, 0.2) is 0 Å². The fraction of sp³-hybridized carbons (Fsp3) is 0.0769. The molecule has 9 heteroatoms. The van der Waals surface area contributed by atoms with Crippen molar-refractivity contribution in [2.24, 2.45) is 0 Å². The third-order valence-electron chi connectivity index (χ3n) is 2.51. The quantitative estimate of drug-likeness (QED) is 0.786. The number of benzene rings is 1. The highest BCUT2D eigenvalue weighted by Crippen LogP contribution is 2.24. The second-order valence-corrected chi connectivity index (χ2v) is 3.99. The molecule has 0 unspecified atom stereocenters. The maximum absolute atomic E-state index is 12.9. The first kappa shape index (κ1) is 15.4. The van der Waals surface area contributed by atoms with Crippen molar-refractivity contribution in [3.05, 3.63) is 60.6 Å². The van der Waals surface area contributed by atoms with Crippen LogP contribution in [0.2, 0.25) is 0 Å². The molecule has 0 aliphatic carbocycles. The van der Waals surface area contributed by atoms with E-state index < -0.39 is 17.8 Å². The molecule has 0 amide bonds. The van der Waals surface area contributed by atoms with E-state index in [-0.39, 0.29) is 0 Å². The van der Waals surface area contributed by atoms with Crippen LogP contribution in [0.25, 0.3) is 5.69 Å². The van der Waals surface area contributed by atoms with Crippen molar-refractivity contribution >= 4 is 5.82 Å². The molecule has 0 bridgehead atoms. The zero-order chi connectivity index (χ0) is 15.9. The number of nitrogen functional groups attached to an aromatic ring is 1. The second-order valence-electron chi connectivity index (χ2n) is 3.99. The van der Waals surface area contributed by atoms with Gasteiger partial charge in [-0.2, -0.15) is 0 Å². The first-order valence-corrected chi connectivity index (χ1v) is 6.03. The minimum absolute atomic E-state index is 0.351. The van der Waals surface area contributed by atoms with Crippen LogP contribution in [-0.2, 0) is 0 Å². The molecule has 22 heavy (non-hydrogen) atoms. The highest BCUT2D eigenvalue weighted by molar-refractivity contribution is 5.36. The van der Waals surface area contributed by atoms with Gasteiger partial charge in [0.1, 0.15) is 18.0 Å². The molecule has 6 nitrogen and oxygen atoms in total. The Hall–Kier alpha value is -2.97. The maximum atomic E-state index is 12.9. The maximum Gasteiger partial charge on any atom is 0.266 e. The van der Waals surface area contributed by atoms with Crippen molar-refractivity contribution in [1.29, 1.82) is 0 Å². The van der Waals surface area contributed by atoms with Crippen LogP contribution in [0.1, 0.15) is 12.0 Å². The topological polar surface area (TPSA) is 82.5 Å². The van der Waals surface area contributed by atoms with Crippen LogP contribution in [0, 0.1) is 5.82 Å². The fourth-order valence-corrected chi connectivity index (χ4v) is 1.49. The van der Waals surface area contributed by atoms with Gasteiger partial charge in [-0.05, 0) is 24.3 Å². The van der Waals surface area contributed by atoms with Crippen LogP contribution in [0.3, 0.4) is 0 Å². The van der Waals surface area contributed by atoms with Crippen molar-refractivity contribution in [2.45, 2.75) is 6.43 Å². The summed E-state index contributed by atoms with van der Waals surface area (Å²) < 4.78 is 38.9. The minimum Gasteiger partial charge on any atom is -0.384 e. The molecule has 0 saturated heterocycles. The summed E-state index contributed by atoms with van der Waals surface area (Å²) in [7, 11) is 0. The van der Waals surface area contributed by atoms with E-state index in [0.717, 1.165) is 12.1 Å². The summed E-state index contributed by atoms with van der Waals surface area (Å²) >= 11 is 0. The van der Waals surface area contributed by atoms with Gasteiger partial charge >= 0.3 is 0 Å². The van der Waals surface area contributed by atoms with E-state index in [4.69, 9.17) is 5.73 Å². The largest absolute Gasteiger partial charge is 0.384 e. The Morgan fingerprint density at radius 1 is 1.14 bits per heavy atom. The normalized spacial score (nSPS) is 10.2. The van der Waals surface area contributed by atoms with Crippen LogP contribution in [0.4, 0.5) is 19.0 Å². The monoisotopic (exact) mass is 308 g/mol. The average Bonchev–Trinajstić information content (AvgIpc) is 3.03. The molecule has 2 heterocycles. The van der Waals surface area contributed by atoms with E-state index in [1.54, 1.807) is 12.3 Å². The van der Waals surface area contributed by atoms with E-state index in [1.165, 1.54) is 29.5 Å². The van der Waals surface area contributed by atoms with Gasteiger partial charge in [-0.15, -0.1) is 5.10 Å². The van der Waals surface area contributed by atoms with Crippen molar-refractivity contribution in [2.75, 3.05) is 5.73 Å². The van der Waals surface area contributed by atoms with E-state index in [0.29, 0.717) is 11.5 Å². The minimum atomic E-state index is -2.84. The van der Waals surface area contributed by atoms with Crippen molar-refractivity contribution in [3.63, 3.8) is 0 Å². The molecular weight excluding hydrogens is 297 g/mol. The van der Waals surface area contributed by atoms with Crippen molar-refractivity contribution in [3.8, 4) is 5.69 Å². The highest BCUT2D eigenvalue weighted by atomic mass is 19.3. The van der Waals surface area contributed by atoms with E-state index >= 15 is 0 Å². The Kier molecular flexibility index (Phi) is 5.02. The molecule has 3 aromatic rings. The molecule has 0 fully saturated rings. The molecule has 1 aromatic carbocycles. The van der Waals surface area contributed by atoms with Gasteiger partial charge in [0.2, 0.25) is 0 Å². The summed E-state index contributed by atoms with van der Waals surface area (Å²) in [6.45, 7) is 0. The summed E-state index contributed by atoms with van der Waals surface area (Å²) in [5, 5.41) is 7.14. The molecule has 3 rings (SSSR count). The number of hydrogen-bond acceptors (Lipinski definition) is 5. The van der Waals surface area contributed by atoms with Gasteiger partial charge in [-0.3, -0.25) is 0 Å². The average molecular weight is 308 g/mol. The molecule has 2 aromatic heterocycles. The predicted molar refractivity (Wildman–Crippen MR) is 72.7 cm³/mol. The lowest BCUT2D eigenvalue weighted by molar-refractivity contribution is 0.146. The molecule has 114 valence electrons. The highest BCUT2D eigenvalue weighted by Gasteiger charge is 2.14. The first-order valence-electron chi connectivity index (χ1n) is 6.03. The summed E-state index contributed by atoms with van der Waals surface area (Å²) in [6, 6.07) is 5.03. The molecular formula is C13H11F3N6. The number of nitrogens with two attached hydrogens (primary N) is 1. The third-order valence-corrected chi connectivity index (χ3v) is 2.51. The van der Waals surface area contributed by atoms with E-state index in [2.05, 4.69) is 20.3 Å². The van der Waals surface area contributed by atoms with E-state index in [9.17, 15) is 13.2 Å². The number of alkyl halides is 2. The molecule has 2 N–H and O–H groups in total. The van der Waals surface area contributed by atoms with E-state index in [1.807, 2.05) is 0 Å². The van der Waals surface area contributed by atoms with Crippen LogP contribution >= 0.6 is 0 Å². The van der Waals surface area contributed by atoms with Gasteiger partial charge < -0.3 is 5.73 Å². The lowest BCUT2D eigenvalue weighted by Crippen LogP contribution is -1.98. The number of anilines is 1. The first-order chi connectivity index (χ1) is 10.6. The Bertz CT molecular complexity index is 703. The Morgan fingerprint density at radius 2 is 1.95 bits per heavy atom. The Morgan fingerprint density at radius 3 is 2.45 bits per heavy atom. The zero-order valence-corrected chi connectivity index (χ0v) is 11.1. The molecule has 0 saturated carbocycles. The van der Waals surface area contributed by atoms with Gasteiger partial charge in [-0.1, -0.05) is 5.21 Å². The van der Waals surface area contributed by atoms with Crippen molar-refractivity contribution < 1.29 is 13.2 Å². The lowest BCUT2D eigenvalue weighted by Gasteiger charge is -2.05. The van der Waals surface area contributed by atoms with Crippen LogP contribution in [0.5, 0.6) is 0 Å². The summed E-state index contributed by atoms with van der Waals surface area (Å²) in [5.74, 6) is -0.413. The second kappa shape index (κ2) is 7.16. The van der Waals surface area contributed by atoms with Gasteiger partial charge in [0.25, 0.3) is 6.43 Å². The molecule has 0 aliphatic heterocycles. The molecule has 0 atom stereocenters. The lowest BCUT2D eigenvalue weighted by atomic mass is 10.2. The number of nitrogens with zero attached hydrogens (tertiary/aromatic N) is 5. The van der Waals surface area contributed by atoms with Crippen molar-refractivity contribution in [1.82, 2.24) is 25.0 Å². The van der Waals surface area contributed by atoms with Gasteiger partial charge in [-0.25, -0.2) is 27.8 Å². The molecule has 0 aliphatic rings. The fourth-order valence-electron chi connectivity index (χ4n) is 1.49. The number of hydrogen-bond donors (Lipinski definition) is 1. The smallest absolute Gasteiger partial charge is 0.266 e. The number of halogens is 3. The Labute approximate surface area is 123 Å². The van der Waals surface area contributed by atoms with Crippen LogP contribution in [-0.4, -0.2) is 25.0 Å². The van der Waals surface area contributed by atoms with Gasteiger partial charge in [0, 0.05) is 6.20 Å². The summed E-state index contributed by atoms with van der Waals surface area (Å²) in [4.78, 5) is 7.30. The molecule has 0 radical (unpaired) electrons. The number of rotatable bonds is 2. The Balaban J connectivity index is 0.000000211. The zero-order valence-electron chi connectivity index (χ0n) is 11.1. The predicted octanol–water partition coefficient (Wildman–Crippen LogP) is 2.40. The van der Waals surface area contributed by atoms with Gasteiger partial charge in [0.05, 0.1) is 23.6 Å². The third kappa shape index (κ3) is 4.01. The summed E-state index contributed by atoms with van der Waals surface area (Å²) in [6.07, 6.45) is 3.07. The molecule has 0 spiro atoms. The summed E-state index contributed by atoms with van der Waals surface area (Å²) in [5.41, 5.74) is 4.92. The number of aromatic nitrogens is 5.